The van der Waals surface area contributed by atoms with Crippen molar-refractivity contribution in [3.05, 3.63) is 22.8 Å². The quantitative estimate of drug-likeness (QED) is 0.853. The SMILES string of the molecule is Nc1nc(Cc2nc(C3CC3)no2)cs1. The number of rotatable bonds is 3. The van der Waals surface area contributed by atoms with Gasteiger partial charge in [0.2, 0.25) is 5.89 Å². The van der Waals surface area contributed by atoms with Crippen LogP contribution in [0.1, 0.15) is 36.2 Å². The van der Waals surface area contributed by atoms with E-state index in [-0.39, 0.29) is 0 Å². The number of nitrogen functional groups attached to an aromatic ring is 1. The molecule has 2 N–H and O–H groups in total. The van der Waals surface area contributed by atoms with Crippen molar-refractivity contribution in [2.75, 3.05) is 5.73 Å². The molecule has 2 aromatic rings. The fourth-order valence-corrected chi connectivity index (χ4v) is 1.97. The molecule has 1 saturated carbocycles. The molecule has 0 atom stereocenters. The van der Waals surface area contributed by atoms with Gasteiger partial charge in [0, 0.05) is 11.3 Å². The Balaban J connectivity index is 1.75. The minimum absolute atomic E-state index is 0.531. The van der Waals surface area contributed by atoms with Crippen LogP contribution in [0.15, 0.2) is 9.90 Å². The van der Waals surface area contributed by atoms with Gasteiger partial charge in [0.05, 0.1) is 12.1 Å². The lowest BCUT2D eigenvalue weighted by Crippen LogP contribution is -1.90. The summed E-state index contributed by atoms with van der Waals surface area (Å²) in [5.41, 5.74) is 6.43. The predicted octanol–water partition coefficient (Wildman–Crippen LogP) is 1.58. The third-order valence-electron chi connectivity index (χ3n) is 2.33. The molecule has 0 spiro atoms. The molecule has 0 saturated heterocycles. The second-order valence-corrected chi connectivity index (χ2v) is 4.56. The molecule has 0 bridgehead atoms. The Kier molecular flexibility index (Phi) is 1.95. The first kappa shape index (κ1) is 8.84. The molecule has 1 fully saturated rings. The number of thiazole rings is 1. The Morgan fingerprint density at radius 2 is 2.33 bits per heavy atom. The maximum absolute atomic E-state index is 5.54. The molecule has 0 aliphatic heterocycles. The lowest BCUT2D eigenvalue weighted by atomic mass is 10.3. The van der Waals surface area contributed by atoms with Gasteiger partial charge in [0.25, 0.3) is 0 Å². The van der Waals surface area contributed by atoms with E-state index in [0.29, 0.717) is 23.4 Å². The summed E-state index contributed by atoms with van der Waals surface area (Å²) < 4.78 is 5.14. The van der Waals surface area contributed by atoms with E-state index >= 15 is 0 Å². The monoisotopic (exact) mass is 222 g/mol. The number of anilines is 1. The Hall–Kier alpha value is -1.43. The summed E-state index contributed by atoms with van der Waals surface area (Å²) >= 11 is 1.43. The average Bonchev–Trinajstić information content (AvgIpc) is 2.84. The van der Waals surface area contributed by atoms with Crippen LogP contribution in [0.5, 0.6) is 0 Å². The summed E-state index contributed by atoms with van der Waals surface area (Å²) in [5.74, 6) is 2.00. The van der Waals surface area contributed by atoms with Gasteiger partial charge < -0.3 is 10.3 Å². The molecular weight excluding hydrogens is 212 g/mol. The molecule has 0 radical (unpaired) electrons. The van der Waals surface area contributed by atoms with E-state index in [1.54, 1.807) is 0 Å². The smallest absolute Gasteiger partial charge is 0.232 e. The number of hydrogen-bond acceptors (Lipinski definition) is 6. The van der Waals surface area contributed by atoms with Gasteiger partial charge in [-0.3, -0.25) is 0 Å². The predicted molar refractivity (Wildman–Crippen MR) is 55.6 cm³/mol. The Labute approximate surface area is 90.3 Å². The van der Waals surface area contributed by atoms with Crippen molar-refractivity contribution in [1.82, 2.24) is 15.1 Å². The van der Waals surface area contributed by atoms with Crippen LogP contribution >= 0.6 is 11.3 Å². The summed E-state index contributed by atoms with van der Waals surface area (Å²) in [5, 5.41) is 6.43. The van der Waals surface area contributed by atoms with Crippen molar-refractivity contribution in [2.24, 2.45) is 0 Å². The van der Waals surface area contributed by atoms with Crippen molar-refractivity contribution in [3.8, 4) is 0 Å². The molecule has 0 amide bonds. The topological polar surface area (TPSA) is 77.8 Å². The highest BCUT2D eigenvalue weighted by atomic mass is 32.1. The summed E-state index contributed by atoms with van der Waals surface area (Å²) in [6.45, 7) is 0. The van der Waals surface area contributed by atoms with Crippen molar-refractivity contribution in [1.29, 1.82) is 0 Å². The van der Waals surface area contributed by atoms with Crippen LogP contribution in [0.25, 0.3) is 0 Å². The van der Waals surface area contributed by atoms with E-state index in [0.717, 1.165) is 11.5 Å². The fourth-order valence-electron chi connectivity index (χ4n) is 1.41. The van der Waals surface area contributed by atoms with Gasteiger partial charge in [-0.1, -0.05) is 5.16 Å². The molecular formula is C9H10N4OS. The van der Waals surface area contributed by atoms with Crippen LogP contribution < -0.4 is 5.73 Å². The summed E-state index contributed by atoms with van der Waals surface area (Å²) in [6, 6.07) is 0. The standard InChI is InChI=1S/C9H10N4OS/c10-9-11-6(4-15-9)3-7-12-8(13-14-7)5-1-2-5/h4-5H,1-3H2,(H2,10,11). The normalized spacial score (nSPS) is 15.7. The molecule has 5 nitrogen and oxygen atoms in total. The minimum Gasteiger partial charge on any atom is -0.375 e. The van der Waals surface area contributed by atoms with Crippen LogP contribution in [0.4, 0.5) is 5.13 Å². The third kappa shape index (κ3) is 1.85. The summed E-state index contributed by atoms with van der Waals surface area (Å²) in [4.78, 5) is 8.47. The van der Waals surface area contributed by atoms with Gasteiger partial charge in [-0.2, -0.15) is 4.98 Å². The van der Waals surface area contributed by atoms with Gasteiger partial charge in [0.1, 0.15) is 0 Å². The first-order valence-electron chi connectivity index (χ1n) is 4.83. The number of nitrogens with two attached hydrogens (primary N) is 1. The molecule has 0 unspecified atom stereocenters. The summed E-state index contributed by atoms with van der Waals surface area (Å²) in [6.07, 6.45) is 2.94. The van der Waals surface area contributed by atoms with E-state index in [9.17, 15) is 0 Å². The van der Waals surface area contributed by atoms with Crippen molar-refractivity contribution in [2.45, 2.75) is 25.2 Å². The number of hydrogen-bond donors (Lipinski definition) is 1. The largest absolute Gasteiger partial charge is 0.375 e. The van der Waals surface area contributed by atoms with Crippen molar-refractivity contribution < 1.29 is 4.52 Å². The first-order chi connectivity index (χ1) is 7.31. The second-order valence-electron chi connectivity index (χ2n) is 3.67. The Bertz CT molecular complexity index is 474. The van der Waals surface area contributed by atoms with Gasteiger partial charge >= 0.3 is 0 Å². The van der Waals surface area contributed by atoms with Gasteiger partial charge in [-0.15, -0.1) is 11.3 Å². The third-order valence-corrected chi connectivity index (χ3v) is 3.05. The Morgan fingerprint density at radius 3 is 3.00 bits per heavy atom. The zero-order chi connectivity index (χ0) is 10.3. The number of aromatic nitrogens is 3. The van der Waals surface area contributed by atoms with Gasteiger partial charge in [0.15, 0.2) is 11.0 Å². The fraction of sp³-hybridized carbons (Fsp3) is 0.444. The molecule has 78 valence electrons. The second kappa shape index (κ2) is 3.30. The highest BCUT2D eigenvalue weighted by Gasteiger charge is 2.28. The zero-order valence-corrected chi connectivity index (χ0v) is 8.83. The first-order valence-corrected chi connectivity index (χ1v) is 5.71. The molecule has 3 rings (SSSR count). The summed E-state index contributed by atoms with van der Waals surface area (Å²) in [7, 11) is 0. The Morgan fingerprint density at radius 1 is 1.47 bits per heavy atom. The number of nitrogens with zero attached hydrogens (tertiary/aromatic N) is 3. The minimum atomic E-state index is 0.531. The van der Waals surface area contributed by atoms with Crippen LogP contribution in [-0.4, -0.2) is 15.1 Å². The zero-order valence-electron chi connectivity index (χ0n) is 8.01. The average molecular weight is 222 g/mol. The van der Waals surface area contributed by atoms with Crippen LogP contribution in [0.3, 0.4) is 0 Å². The van der Waals surface area contributed by atoms with E-state index < -0.39 is 0 Å². The highest BCUT2D eigenvalue weighted by molar-refractivity contribution is 7.13. The van der Waals surface area contributed by atoms with Crippen molar-refractivity contribution >= 4 is 16.5 Å². The van der Waals surface area contributed by atoms with Crippen molar-refractivity contribution in [3.63, 3.8) is 0 Å². The maximum atomic E-state index is 5.54. The lowest BCUT2D eigenvalue weighted by Gasteiger charge is -1.87. The molecule has 1 aliphatic carbocycles. The molecule has 2 aromatic heterocycles. The molecule has 0 aromatic carbocycles. The van der Waals surface area contributed by atoms with Crippen LogP contribution in [0, 0.1) is 0 Å². The highest BCUT2D eigenvalue weighted by Crippen LogP contribution is 2.38. The van der Waals surface area contributed by atoms with E-state index in [1.807, 2.05) is 5.38 Å². The van der Waals surface area contributed by atoms with E-state index in [2.05, 4.69) is 15.1 Å². The van der Waals surface area contributed by atoms with E-state index in [4.69, 9.17) is 10.3 Å². The molecule has 15 heavy (non-hydrogen) atoms. The van der Waals surface area contributed by atoms with E-state index in [1.165, 1.54) is 24.2 Å². The molecule has 1 aliphatic rings. The molecule has 2 heterocycles. The van der Waals surface area contributed by atoms with Gasteiger partial charge in [-0.25, -0.2) is 4.98 Å². The van der Waals surface area contributed by atoms with Gasteiger partial charge in [-0.05, 0) is 12.8 Å². The van der Waals surface area contributed by atoms with Crippen LogP contribution in [-0.2, 0) is 6.42 Å². The maximum Gasteiger partial charge on any atom is 0.232 e. The molecule has 6 heteroatoms. The van der Waals surface area contributed by atoms with Crippen LogP contribution in [0.2, 0.25) is 0 Å². The lowest BCUT2D eigenvalue weighted by molar-refractivity contribution is 0.379.